The zero-order valence-electron chi connectivity index (χ0n) is 15.4. The number of carbonyl (C=O) groups excluding carboxylic acids is 2. The van der Waals surface area contributed by atoms with Crippen LogP contribution in [-0.2, 0) is 4.74 Å². The number of hydrogen-bond acceptors (Lipinski definition) is 5. The van der Waals surface area contributed by atoms with E-state index < -0.39 is 29.1 Å². The van der Waals surface area contributed by atoms with Crippen LogP contribution in [0.1, 0.15) is 33.4 Å². The largest absolute Gasteiger partial charge is 0.494 e. The molecule has 1 heterocycles. The fourth-order valence-electron chi connectivity index (χ4n) is 2.76. The van der Waals surface area contributed by atoms with E-state index in [4.69, 9.17) is 9.15 Å². The molecule has 0 fully saturated rings. The molecule has 0 saturated carbocycles. The van der Waals surface area contributed by atoms with Crippen molar-refractivity contribution in [1.29, 1.82) is 0 Å². The molecule has 3 rings (SSSR count). The van der Waals surface area contributed by atoms with Gasteiger partial charge in [-0.25, -0.2) is 13.6 Å². The number of nitrogens with one attached hydrogen (secondary N) is 1. The summed E-state index contributed by atoms with van der Waals surface area (Å²) >= 11 is 0. The Bertz CT molecular complexity index is 1070. The zero-order chi connectivity index (χ0) is 20.4. The van der Waals surface area contributed by atoms with Crippen molar-refractivity contribution in [3.05, 3.63) is 58.9 Å². The van der Waals surface area contributed by atoms with E-state index in [9.17, 15) is 18.4 Å². The van der Waals surface area contributed by atoms with Gasteiger partial charge in [0.15, 0.2) is 5.76 Å². The fraction of sp³-hybridized carbons (Fsp3) is 0.200. The number of furan rings is 1. The third kappa shape index (κ3) is 3.53. The molecule has 28 heavy (non-hydrogen) atoms. The predicted octanol–water partition coefficient (Wildman–Crippen LogP) is 4.46. The van der Waals surface area contributed by atoms with Crippen molar-refractivity contribution in [1.82, 2.24) is 0 Å². The lowest BCUT2D eigenvalue weighted by atomic mass is 10.1. The molecule has 0 spiro atoms. The summed E-state index contributed by atoms with van der Waals surface area (Å²) in [4.78, 5) is 24.2. The van der Waals surface area contributed by atoms with Crippen LogP contribution in [0.15, 0.2) is 34.7 Å². The first-order chi connectivity index (χ1) is 13.3. The summed E-state index contributed by atoms with van der Waals surface area (Å²) < 4.78 is 43.3. The molecule has 1 aromatic heterocycles. The second kappa shape index (κ2) is 7.67. The first-order valence-corrected chi connectivity index (χ1v) is 8.40. The topological polar surface area (TPSA) is 77.8 Å². The lowest BCUT2D eigenvalue weighted by Crippen LogP contribution is -2.15. The maximum atomic E-state index is 14.1. The molecule has 0 aliphatic heterocycles. The third-order valence-electron chi connectivity index (χ3n) is 4.14. The van der Waals surface area contributed by atoms with Crippen LogP contribution in [0, 0.1) is 18.6 Å². The van der Waals surface area contributed by atoms with Gasteiger partial charge in [-0.05, 0) is 38.1 Å². The third-order valence-corrected chi connectivity index (χ3v) is 4.14. The Balaban J connectivity index is 1.95. The van der Waals surface area contributed by atoms with Crippen LogP contribution in [0.4, 0.5) is 14.5 Å². The van der Waals surface area contributed by atoms with E-state index in [1.165, 1.54) is 0 Å². The number of rotatable bonds is 5. The maximum absolute atomic E-state index is 14.1. The number of benzene rings is 2. The van der Waals surface area contributed by atoms with Crippen LogP contribution in [-0.4, -0.2) is 25.6 Å². The highest BCUT2D eigenvalue weighted by molar-refractivity contribution is 6.07. The van der Waals surface area contributed by atoms with Crippen LogP contribution < -0.4 is 10.1 Å². The highest BCUT2D eigenvalue weighted by Gasteiger charge is 2.22. The van der Waals surface area contributed by atoms with Gasteiger partial charge in [0.05, 0.1) is 25.0 Å². The first kappa shape index (κ1) is 19.3. The molecule has 8 heteroatoms. The molecule has 0 saturated heterocycles. The molecule has 2 aromatic carbocycles. The number of fused-ring (bicyclic) bond motifs is 1. The van der Waals surface area contributed by atoms with Gasteiger partial charge < -0.3 is 19.2 Å². The summed E-state index contributed by atoms with van der Waals surface area (Å²) in [5.41, 5.74) is 0.120. The standard InChI is InChI=1S/C20H17F2NO5/c1-4-27-11-5-6-17-12(7-11)10(2)18(28-17)19(24)23-16-8-13(20(25)26-3)14(21)9-15(16)22/h5-9H,4H2,1-3H3,(H,23,24). The van der Waals surface area contributed by atoms with Gasteiger partial charge >= 0.3 is 5.97 Å². The van der Waals surface area contributed by atoms with E-state index in [-0.39, 0.29) is 11.4 Å². The van der Waals surface area contributed by atoms with Gasteiger partial charge in [0, 0.05) is 17.0 Å². The Hall–Kier alpha value is -3.42. The molecular formula is C20H17F2NO5. The second-order valence-electron chi connectivity index (χ2n) is 5.90. The quantitative estimate of drug-likeness (QED) is 0.652. The Morgan fingerprint density at radius 1 is 1.14 bits per heavy atom. The normalized spacial score (nSPS) is 10.8. The summed E-state index contributed by atoms with van der Waals surface area (Å²) in [6.45, 7) is 4.02. The van der Waals surface area contributed by atoms with Crippen molar-refractivity contribution in [3.63, 3.8) is 0 Å². The zero-order valence-corrected chi connectivity index (χ0v) is 15.4. The molecular weight excluding hydrogens is 372 g/mol. The second-order valence-corrected chi connectivity index (χ2v) is 5.90. The van der Waals surface area contributed by atoms with Gasteiger partial charge in [0.25, 0.3) is 5.91 Å². The molecule has 0 radical (unpaired) electrons. The van der Waals surface area contributed by atoms with Gasteiger partial charge in [-0.3, -0.25) is 4.79 Å². The van der Waals surface area contributed by atoms with Gasteiger partial charge in [0.1, 0.15) is 23.0 Å². The predicted molar refractivity (Wildman–Crippen MR) is 97.8 cm³/mol. The summed E-state index contributed by atoms with van der Waals surface area (Å²) in [7, 11) is 1.07. The Kier molecular flexibility index (Phi) is 5.30. The molecule has 0 aliphatic carbocycles. The van der Waals surface area contributed by atoms with E-state index >= 15 is 0 Å². The van der Waals surface area contributed by atoms with Crippen molar-refractivity contribution in [2.75, 3.05) is 19.0 Å². The summed E-state index contributed by atoms with van der Waals surface area (Å²) in [6.07, 6.45) is 0. The fourth-order valence-corrected chi connectivity index (χ4v) is 2.76. The summed E-state index contributed by atoms with van der Waals surface area (Å²) in [6, 6.07) is 6.49. The number of carbonyl (C=O) groups is 2. The number of hydrogen-bond donors (Lipinski definition) is 1. The molecule has 1 amide bonds. The van der Waals surface area contributed by atoms with Crippen molar-refractivity contribution in [2.24, 2.45) is 0 Å². The van der Waals surface area contributed by atoms with Crippen molar-refractivity contribution >= 4 is 28.5 Å². The van der Waals surface area contributed by atoms with Crippen LogP contribution in [0.2, 0.25) is 0 Å². The molecule has 3 aromatic rings. The average Bonchev–Trinajstić information content (AvgIpc) is 3.00. The molecule has 146 valence electrons. The van der Waals surface area contributed by atoms with Crippen LogP contribution in [0.3, 0.4) is 0 Å². The lowest BCUT2D eigenvalue weighted by Gasteiger charge is -2.08. The molecule has 0 atom stereocenters. The van der Waals surface area contributed by atoms with E-state index in [0.717, 1.165) is 13.2 Å². The molecule has 0 bridgehead atoms. The van der Waals surface area contributed by atoms with Gasteiger partial charge in [-0.15, -0.1) is 0 Å². The molecule has 0 unspecified atom stereocenters. The Morgan fingerprint density at radius 3 is 2.57 bits per heavy atom. The van der Waals surface area contributed by atoms with Crippen molar-refractivity contribution in [2.45, 2.75) is 13.8 Å². The average molecular weight is 389 g/mol. The van der Waals surface area contributed by atoms with E-state index in [2.05, 4.69) is 10.1 Å². The Morgan fingerprint density at radius 2 is 1.89 bits per heavy atom. The van der Waals surface area contributed by atoms with Crippen molar-refractivity contribution < 1.29 is 32.3 Å². The number of anilines is 1. The number of methoxy groups -OCH3 is 1. The minimum Gasteiger partial charge on any atom is -0.494 e. The first-order valence-electron chi connectivity index (χ1n) is 8.40. The minimum absolute atomic E-state index is 0.0352. The van der Waals surface area contributed by atoms with Gasteiger partial charge in [-0.1, -0.05) is 0 Å². The van der Waals surface area contributed by atoms with E-state index in [1.807, 2.05) is 6.92 Å². The number of ether oxygens (including phenoxy) is 2. The molecule has 0 aliphatic rings. The van der Waals surface area contributed by atoms with E-state index in [0.29, 0.717) is 35.0 Å². The number of aryl methyl sites for hydroxylation is 1. The number of halogens is 2. The minimum atomic E-state index is -1.09. The SMILES string of the molecule is CCOc1ccc2oc(C(=O)Nc3cc(C(=O)OC)c(F)cc3F)c(C)c2c1. The molecule has 6 nitrogen and oxygen atoms in total. The highest BCUT2D eigenvalue weighted by atomic mass is 19.1. The van der Waals surface area contributed by atoms with E-state index in [1.54, 1.807) is 25.1 Å². The summed E-state index contributed by atoms with van der Waals surface area (Å²) in [5.74, 6) is -3.27. The Labute approximate surface area is 159 Å². The smallest absolute Gasteiger partial charge is 0.340 e. The number of esters is 1. The summed E-state index contributed by atoms with van der Waals surface area (Å²) in [5, 5.41) is 2.97. The maximum Gasteiger partial charge on any atom is 0.340 e. The lowest BCUT2D eigenvalue weighted by molar-refractivity contribution is 0.0595. The highest BCUT2D eigenvalue weighted by Crippen LogP contribution is 2.30. The van der Waals surface area contributed by atoms with Gasteiger partial charge in [0.2, 0.25) is 0 Å². The van der Waals surface area contributed by atoms with Crippen LogP contribution in [0.25, 0.3) is 11.0 Å². The van der Waals surface area contributed by atoms with Crippen molar-refractivity contribution in [3.8, 4) is 5.75 Å². The van der Waals surface area contributed by atoms with Gasteiger partial charge in [-0.2, -0.15) is 0 Å². The van der Waals surface area contributed by atoms with Crippen LogP contribution >= 0.6 is 0 Å². The number of amides is 1. The van der Waals surface area contributed by atoms with Crippen LogP contribution in [0.5, 0.6) is 5.75 Å². The monoisotopic (exact) mass is 389 g/mol. The molecule has 1 N–H and O–H groups in total.